The normalized spacial score (nSPS) is 10.4. The predicted octanol–water partition coefficient (Wildman–Crippen LogP) is 4.60. The fourth-order valence-corrected chi connectivity index (χ4v) is 2.59. The lowest BCUT2D eigenvalue weighted by Gasteiger charge is -2.23. The van der Waals surface area contributed by atoms with E-state index in [2.05, 4.69) is 5.32 Å². The number of aryl methyl sites for hydroxylation is 2. The molecule has 2 aromatic rings. The molecule has 0 spiro atoms. The molecule has 0 saturated heterocycles. The zero-order valence-corrected chi connectivity index (χ0v) is 15.2. The van der Waals surface area contributed by atoms with Crippen LogP contribution in [0.3, 0.4) is 0 Å². The molecular weight excluding hydrogens is 347 g/mol. The average Bonchev–Trinajstić information content (AvgIpc) is 2.51. The fraction of sp³-hybridized carbons (Fsp3) is 0.222. The summed E-state index contributed by atoms with van der Waals surface area (Å²) in [5.41, 5.74) is 3.20. The third-order valence-electron chi connectivity index (χ3n) is 3.54. The van der Waals surface area contributed by atoms with Crippen LogP contribution in [0.1, 0.15) is 18.1 Å². The number of halogens is 2. The highest BCUT2D eigenvalue weighted by Gasteiger charge is 2.18. The Bertz CT molecular complexity index is 791. The summed E-state index contributed by atoms with van der Waals surface area (Å²) >= 11 is 11.8. The molecule has 1 N–H and O–H groups in total. The lowest BCUT2D eigenvalue weighted by atomic mass is 10.1. The lowest BCUT2D eigenvalue weighted by Crippen LogP contribution is -2.37. The summed E-state index contributed by atoms with van der Waals surface area (Å²) in [5, 5.41) is 3.49. The molecule has 0 aliphatic carbocycles. The van der Waals surface area contributed by atoms with E-state index in [4.69, 9.17) is 23.2 Å². The van der Waals surface area contributed by atoms with Crippen LogP contribution in [0.2, 0.25) is 10.0 Å². The van der Waals surface area contributed by atoms with E-state index < -0.39 is 0 Å². The molecule has 0 fully saturated rings. The Kier molecular flexibility index (Phi) is 5.86. The number of benzene rings is 2. The number of rotatable bonds is 4. The van der Waals surface area contributed by atoms with Gasteiger partial charge in [-0.3, -0.25) is 9.59 Å². The molecule has 0 aromatic heterocycles. The Morgan fingerprint density at radius 2 is 1.75 bits per heavy atom. The van der Waals surface area contributed by atoms with Crippen molar-refractivity contribution in [3.8, 4) is 0 Å². The van der Waals surface area contributed by atoms with Gasteiger partial charge in [0.25, 0.3) is 0 Å². The topological polar surface area (TPSA) is 49.4 Å². The molecule has 0 saturated carbocycles. The number of amides is 2. The SMILES string of the molecule is CC(=O)N(CC(=O)Nc1ccc(Cl)c(Cl)c1)c1cc(C)ccc1C. The number of anilines is 2. The molecule has 0 unspecified atom stereocenters. The summed E-state index contributed by atoms with van der Waals surface area (Å²) in [5.74, 6) is -0.516. The smallest absolute Gasteiger partial charge is 0.244 e. The van der Waals surface area contributed by atoms with E-state index in [1.807, 2.05) is 32.0 Å². The van der Waals surface area contributed by atoms with Crippen LogP contribution in [0.5, 0.6) is 0 Å². The molecule has 4 nitrogen and oxygen atoms in total. The standard InChI is InChI=1S/C18H18Cl2N2O2/c1-11-4-5-12(2)17(8-11)22(13(3)23)10-18(24)21-14-6-7-15(19)16(20)9-14/h4-9H,10H2,1-3H3,(H,21,24). The van der Waals surface area contributed by atoms with E-state index in [0.717, 1.165) is 16.8 Å². The third kappa shape index (κ3) is 4.49. The molecule has 24 heavy (non-hydrogen) atoms. The maximum absolute atomic E-state index is 12.3. The quantitative estimate of drug-likeness (QED) is 0.861. The van der Waals surface area contributed by atoms with Crippen molar-refractivity contribution in [2.24, 2.45) is 0 Å². The number of hydrogen-bond donors (Lipinski definition) is 1. The molecule has 0 atom stereocenters. The van der Waals surface area contributed by atoms with E-state index in [9.17, 15) is 9.59 Å². The molecule has 2 aromatic carbocycles. The second-order valence-electron chi connectivity index (χ2n) is 5.57. The summed E-state index contributed by atoms with van der Waals surface area (Å²) in [6.45, 7) is 5.20. The van der Waals surface area contributed by atoms with Gasteiger partial charge < -0.3 is 10.2 Å². The minimum Gasteiger partial charge on any atom is -0.324 e. The van der Waals surface area contributed by atoms with Crippen molar-refractivity contribution in [2.75, 3.05) is 16.8 Å². The Hall–Kier alpha value is -2.04. The first-order valence-corrected chi connectivity index (χ1v) is 8.14. The average molecular weight is 365 g/mol. The Morgan fingerprint density at radius 1 is 1.04 bits per heavy atom. The molecule has 0 radical (unpaired) electrons. The molecular formula is C18H18Cl2N2O2. The minimum absolute atomic E-state index is 0.0835. The van der Waals surface area contributed by atoms with Gasteiger partial charge in [0.15, 0.2) is 0 Å². The van der Waals surface area contributed by atoms with Gasteiger partial charge in [-0.1, -0.05) is 35.3 Å². The van der Waals surface area contributed by atoms with Crippen LogP contribution in [0.25, 0.3) is 0 Å². The zero-order valence-electron chi connectivity index (χ0n) is 13.7. The van der Waals surface area contributed by atoms with Crippen molar-refractivity contribution in [3.05, 3.63) is 57.6 Å². The molecule has 0 heterocycles. The summed E-state index contributed by atoms with van der Waals surface area (Å²) in [6, 6.07) is 10.6. The van der Waals surface area contributed by atoms with Gasteiger partial charge in [-0.2, -0.15) is 0 Å². The Morgan fingerprint density at radius 3 is 2.38 bits per heavy atom. The van der Waals surface area contributed by atoms with Gasteiger partial charge in [0.05, 0.1) is 10.0 Å². The van der Waals surface area contributed by atoms with E-state index in [-0.39, 0.29) is 18.4 Å². The molecule has 0 aliphatic rings. The number of hydrogen-bond acceptors (Lipinski definition) is 2. The maximum Gasteiger partial charge on any atom is 0.244 e. The minimum atomic E-state index is -0.315. The van der Waals surface area contributed by atoms with Crippen LogP contribution in [0.4, 0.5) is 11.4 Å². The van der Waals surface area contributed by atoms with E-state index in [1.54, 1.807) is 18.2 Å². The van der Waals surface area contributed by atoms with Gasteiger partial charge in [-0.05, 0) is 49.2 Å². The highest BCUT2D eigenvalue weighted by molar-refractivity contribution is 6.42. The number of carbonyl (C=O) groups excluding carboxylic acids is 2. The van der Waals surface area contributed by atoms with Crippen LogP contribution in [-0.4, -0.2) is 18.4 Å². The van der Waals surface area contributed by atoms with Crippen molar-refractivity contribution in [1.82, 2.24) is 0 Å². The van der Waals surface area contributed by atoms with Gasteiger partial charge >= 0.3 is 0 Å². The van der Waals surface area contributed by atoms with E-state index >= 15 is 0 Å². The molecule has 2 amide bonds. The van der Waals surface area contributed by atoms with Crippen molar-refractivity contribution in [1.29, 1.82) is 0 Å². The predicted molar refractivity (Wildman–Crippen MR) is 99.0 cm³/mol. The number of carbonyl (C=O) groups is 2. The second-order valence-corrected chi connectivity index (χ2v) is 6.39. The highest BCUT2D eigenvalue weighted by atomic mass is 35.5. The second kappa shape index (κ2) is 7.69. The number of nitrogens with zero attached hydrogens (tertiary/aromatic N) is 1. The van der Waals surface area contributed by atoms with Gasteiger partial charge in [-0.15, -0.1) is 0 Å². The molecule has 0 bridgehead atoms. The first-order valence-electron chi connectivity index (χ1n) is 7.38. The largest absolute Gasteiger partial charge is 0.324 e. The van der Waals surface area contributed by atoms with Crippen LogP contribution < -0.4 is 10.2 Å². The van der Waals surface area contributed by atoms with Gasteiger partial charge in [0, 0.05) is 18.3 Å². The molecule has 2 rings (SSSR count). The maximum atomic E-state index is 12.3. The molecule has 126 valence electrons. The Balaban J connectivity index is 2.18. The van der Waals surface area contributed by atoms with Crippen molar-refractivity contribution in [2.45, 2.75) is 20.8 Å². The van der Waals surface area contributed by atoms with Crippen LogP contribution >= 0.6 is 23.2 Å². The summed E-state index contributed by atoms with van der Waals surface area (Å²) in [4.78, 5) is 25.8. The third-order valence-corrected chi connectivity index (χ3v) is 4.28. The van der Waals surface area contributed by atoms with Crippen LogP contribution in [0, 0.1) is 13.8 Å². The number of nitrogens with one attached hydrogen (secondary N) is 1. The monoisotopic (exact) mass is 364 g/mol. The van der Waals surface area contributed by atoms with Crippen molar-refractivity contribution < 1.29 is 9.59 Å². The fourth-order valence-electron chi connectivity index (χ4n) is 2.29. The first kappa shape index (κ1) is 18.3. The van der Waals surface area contributed by atoms with Crippen LogP contribution in [0.15, 0.2) is 36.4 Å². The van der Waals surface area contributed by atoms with E-state index in [0.29, 0.717) is 15.7 Å². The van der Waals surface area contributed by atoms with Crippen molar-refractivity contribution in [3.63, 3.8) is 0 Å². The zero-order chi connectivity index (χ0) is 17.9. The lowest BCUT2D eigenvalue weighted by molar-refractivity contribution is -0.120. The molecule has 6 heteroatoms. The summed E-state index contributed by atoms with van der Waals surface area (Å²) in [6.07, 6.45) is 0. The first-order chi connectivity index (χ1) is 11.3. The van der Waals surface area contributed by atoms with Crippen molar-refractivity contribution >= 4 is 46.4 Å². The van der Waals surface area contributed by atoms with Gasteiger partial charge in [0.1, 0.15) is 6.54 Å². The summed E-state index contributed by atoms with van der Waals surface area (Å²) in [7, 11) is 0. The van der Waals surface area contributed by atoms with Gasteiger partial charge in [-0.25, -0.2) is 0 Å². The summed E-state index contributed by atoms with van der Waals surface area (Å²) < 4.78 is 0. The van der Waals surface area contributed by atoms with Gasteiger partial charge in [0.2, 0.25) is 11.8 Å². The highest BCUT2D eigenvalue weighted by Crippen LogP contribution is 2.25. The molecule has 0 aliphatic heterocycles. The van der Waals surface area contributed by atoms with Crippen LogP contribution in [-0.2, 0) is 9.59 Å². The Labute approximate surface area is 151 Å². The van der Waals surface area contributed by atoms with E-state index in [1.165, 1.54) is 11.8 Å².